The molecule has 7 nitrogen and oxygen atoms in total. The SMILES string of the molecule is O=C(NC1CCC(n2cc(-c3ccncn3)cn2)CC1)c1ccc(C2CCOC2)cc1. The minimum Gasteiger partial charge on any atom is -0.381 e. The van der Waals surface area contributed by atoms with E-state index in [4.69, 9.17) is 4.74 Å². The van der Waals surface area contributed by atoms with Gasteiger partial charge in [-0.25, -0.2) is 9.97 Å². The molecule has 2 aromatic heterocycles. The fourth-order valence-electron chi connectivity index (χ4n) is 4.59. The number of benzene rings is 1. The van der Waals surface area contributed by atoms with Crippen LogP contribution < -0.4 is 5.32 Å². The minimum atomic E-state index is 0.0165. The Morgan fingerprint density at radius 1 is 1.06 bits per heavy atom. The first-order valence-corrected chi connectivity index (χ1v) is 11.1. The third-order valence-corrected chi connectivity index (χ3v) is 6.46. The van der Waals surface area contributed by atoms with Crippen LogP contribution in [0.25, 0.3) is 11.3 Å². The van der Waals surface area contributed by atoms with Gasteiger partial charge < -0.3 is 10.1 Å². The maximum absolute atomic E-state index is 12.7. The van der Waals surface area contributed by atoms with Crippen LogP contribution in [0.5, 0.6) is 0 Å². The van der Waals surface area contributed by atoms with Gasteiger partial charge in [-0.3, -0.25) is 9.48 Å². The van der Waals surface area contributed by atoms with Crippen LogP contribution in [0.3, 0.4) is 0 Å². The molecular formula is C24H27N5O2. The number of carbonyl (C=O) groups is 1. The monoisotopic (exact) mass is 417 g/mol. The molecule has 1 aliphatic heterocycles. The molecule has 1 aromatic carbocycles. The summed E-state index contributed by atoms with van der Waals surface area (Å²) in [5.74, 6) is 0.479. The predicted octanol–water partition coefficient (Wildman–Crippen LogP) is 3.76. The number of nitrogens with zero attached hydrogens (tertiary/aromatic N) is 4. The smallest absolute Gasteiger partial charge is 0.251 e. The van der Waals surface area contributed by atoms with Crippen molar-refractivity contribution in [2.24, 2.45) is 0 Å². The Hall–Kier alpha value is -3.06. The second-order valence-corrected chi connectivity index (χ2v) is 8.47. The first-order valence-electron chi connectivity index (χ1n) is 11.1. The van der Waals surface area contributed by atoms with Crippen LogP contribution >= 0.6 is 0 Å². The van der Waals surface area contributed by atoms with E-state index in [-0.39, 0.29) is 11.9 Å². The molecule has 7 heteroatoms. The molecule has 2 aliphatic rings. The van der Waals surface area contributed by atoms with E-state index in [1.165, 1.54) is 5.56 Å². The highest BCUT2D eigenvalue weighted by atomic mass is 16.5. The lowest BCUT2D eigenvalue weighted by Gasteiger charge is -2.29. The summed E-state index contributed by atoms with van der Waals surface area (Å²) in [6, 6.07) is 10.5. The number of amides is 1. The fraction of sp³-hybridized carbons (Fsp3) is 0.417. The molecule has 1 unspecified atom stereocenters. The van der Waals surface area contributed by atoms with Crippen LogP contribution in [-0.4, -0.2) is 44.9 Å². The Morgan fingerprint density at radius 2 is 1.90 bits per heavy atom. The quantitative estimate of drug-likeness (QED) is 0.684. The first kappa shape index (κ1) is 19.9. The summed E-state index contributed by atoms with van der Waals surface area (Å²) in [5.41, 5.74) is 3.88. The number of carbonyl (C=O) groups excluding carboxylic acids is 1. The Bertz CT molecular complexity index is 1000. The summed E-state index contributed by atoms with van der Waals surface area (Å²) in [4.78, 5) is 20.9. The summed E-state index contributed by atoms with van der Waals surface area (Å²) in [5, 5.41) is 7.77. The summed E-state index contributed by atoms with van der Waals surface area (Å²) >= 11 is 0. The van der Waals surface area contributed by atoms with E-state index >= 15 is 0 Å². The van der Waals surface area contributed by atoms with Gasteiger partial charge in [0.15, 0.2) is 0 Å². The van der Waals surface area contributed by atoms with Crippen LogP contribution in [0.1, 0.15) is 60.0 Å². The molecule has 1 amide bonds. The van der Waals surface area contributed by atoms with E-state index in [1.807, 2.05) is 29.1 Å². The van der Waals surface area contributed by atoms with Crippen molar-refractivity contribution in [2.75, 3.05) is 13.2 Å². The van der Waals surface area contributed by atoms with Crippen LogP contribution in [0.4, 0.5) is 0 Å². The number of aromatic nitrogens is 4. The number of ether oxygens (including phenoxy) is 1. The summed E-state index contributed by atoms with van der Waals surface area (Å²) in [6.45, 7) is 1.61. The highest BCUT2D eigenvalue weighted by molar-refractivity contribution is 5.94. The first-order chi connectivity index (χ1) is 15.3. The fourth-order valence-corrected chi connectivity index (χ4v) is 4.59. The third-order valence-electron chi connectivity index (χ3n) is 6.46. The van der Waals surface area contributed by atoms with Crippen LogP contribution in [-0.2, 0) is 4.74 Å². The van der Waals surface area contributed by atoms with Crippen molar-refractivity contribution in [3.63, 3.8) is 0 Å². The lowest BCUT2D eigenvalue weighted by Crippen LogP contribution is -2.38. The molecule has 0 radical (unpaired) electrons. The predicted molar refractivity (Wildman–Crippen MR) is 117 cm³/mol. The summed E-state index contributed by atoms with van der Waals surface area (Å²) in [6.07, 6.45) is 12.2. The summed E-state index contributed by atoms with van der Waals surface area (Å²) < 4.78 is 7.51. The molecule has 1 N–H and O–H groups in total. The second-order valence-electron chi connectivity index (χ2n) is 8.47. The lowest BCUT2D eigenvalue weighted by atomic mass is 9.91. The van der Waals surface area contributed by atoms with E-state index in [2.05, 4.69) is 38.7 Å². The van der Waals surface area contributed by atoms with Crippen molar-refractivity contribution < 1.29 is 9.53 Å². The van der Waals surface area contributed by atoms with E-state index < -0.39 is 0 Å². The van der Waals surface area contributed by atoms with Crippen molar-refractivity contribution in [3.05, 3.63) is 66.4 Å². The molecule has 2 fully saturated rings. The number of hydrogen-bond acceptors (Lipinski definition) is 5. The number of rotatable bonds is 5. The largest absolute Gasteiger partial charge is 0.381 e. The van der Waals surface area contributed by atoms with Gasteiger partial charge in [0.25, 0.3) is 5.91 Å². The Morgan fingerprint density at radius 3 is 2.61 bits per heavy atom. The van der Waals surface area contributed by atoms with Gasteiger partial charge in [-0.1, -0.05) is 12.1 Å². The van der Waals surface area contributed by atoms with Gasteiger partial charge in [0.1, 0.15) is 6.33 Å². The Balaban J connectivity index is 1.14. The molecule has 1 saturated heterocycles. The van der Waals surface area contributed by atoms with Gasteiger partial charge >= 0.3 is 0 Å². The molecular weight excluding hydrogens is 390 g/mol. The molecule has 3 heterocycles. The zero-order chi connectivity index (χ0) is 21.0. The van der Waals surface area contributed by atoms with Crippen molar-refractivity contribution in [3.8, 4) is 11.3 Å². The maximum atomic E-state index is 12.7. The lowest BCUT2D eigenvalue weighted by molar-refractivity contribution is 0.0921. The maximum Gasteiger partial charge on any atom is 0.251 e. The van der Waals surface area contributed by atoms with Gasteiger partial charge in [-0.05, 0) is 55.9 Å². The second kappa shape index (κ2) is 8.98. The highest BCUT2D eigenvalue weighted by Gasteiger charge is 2.25. The Labute approximate surface area is 181 Å². The van der Waals surface area contributed by atoms with Crippen molar-refractivity contribution in [1.82, 2.24) is 25.1 Å². The van der Waals surface area contributed by atoms with Crippen LogP contribution in [0.2, 0.25) is 0 Å². The van der Waals surface area contributed by atoms with Gasteiger partial charge in [-0.15, -0.1) is 0 Å². The molecule has 0 spiro atoms. The zero-order valence-corrected chi connectivity index (χ0v) is 17.5. The average molecular weight is 418 g/mol. The molecule has 3 aromatic rings. The molecule has 31 heavy (non-hydrogen) atoms. The van der Waals surface area contributed by atoms with Gasteiger partial charge in [0.05, 0.1) is 24.5 Å². The molecule has 1 saturated carbocycles. The van der Waals surface area contributed by atoms with Crippen molar-refractivity contribution >= 4 is 5.91 Å². The molecule has 160 valence electrons. The Kier molecular flexibility index (Phi) is 5.76. The van der Waals surface area contributed by atoms with Gasteiger partial charge in [0, 0.05) is 42.1 Å². The highest BCUT2D eigenvalue weighted by Crippen LogP contribution is 2.30. The molecule has 0 bridgehead atoms. The number of hydrogen-bond donors (Lipinski definition) is 1. The molecule has 1 aliphatic carbocycles. The van der Waals surface area contributed by atoms with Crippen molar-refractivity contribution in [1.29, 1.82) is 0 Å². The van der Waals surface area contributed by atoms with E-state index in [9.17, 15) is 4.79 Å². The minimum absolute atomic E-state index is 0.0165. The van der Waals surface area contributed by atoms with Crippen molar-refractivity contribution in [2.45, 2.75) is 50.1 Å². The van der Waals surface area contributed by atoms with Crippen LogP contribution in [0, 0.1) is 0 Å². The summed E-state index contributed by atoms with van der Waals surface area (Å²) in [7, 11) is 0. The van der Waals surface area contributed by atoms with Gasteiger partial charge in [0.2, 0.25) is 0 Å². The van der Waals surface area contributed by atoms with Gasteiger partial charge in [-0.2, -0.15) is 5.10 Å². The van der Waals surface area contributed by atoms with Crippen LogP contribution in [0.15, 0.2) is 55.2 Å². The molecule has 1 atom stereocenters. The van der Waals surface area contributed by atoms with E-state index in [0.717, 1.165) is 62.1 Å². The number of nitrogens with one attached hydrogen (secondary N) is 1. The topological polar surface area (TPSA) is 81.9 Å². The zero-order valence-electron chi connectivity index (χ0n) is 17.5. The molecule has 5 rings (SSSR count). The average Bonchev–Trinajstić information content (AvgIpc) is 3.53. The normalized spacial score (nSPS) is 23.5. The third kappa shape index (κ3) is 4.51. The van der Waals surface area contributed by atoms with E-state index in [0.29, 0.717) is 12.0 Å². The van der Waals surface area contributed by atoms with E-state index in [1.54, 1.807) is 12.5 Å². The standard InChI is InChI=1S/C24H27N5O2/c30-24(18-3-1-17(2-4-18)19-10-12-31-15-19)28-21-5-7-22(8-6-21)29-14-20(13-27-29)23-9-11-25-16-26-23/h1-4,9,11,13-14,16,19,21-22H,5-8,10,12,15H2,(H,28,30).